The molecule has 0 radical (unpaired) electrons. The number of pyridine rings is 1. The van der Waals surface area contributed by atoms with Crippen LogP contribution >= 0.6 is 0 Å². The van der Waals surface area contributed by atoms with E-state index in [1.54, 1.807) is 6.20 Å². The van der Waals surface area contributed by atoms with Gasteiger partial charge in [-0.2, -0.15) is 0 Å². The van der Waals surface area contributed by atoms with Crippen LogP contribution in [0.25, 0.3) is 5.65 Å². The average Bonchev–Trinajstić information content (AvgIpc) is 2.61. The van der Waals surface area contributed by atoms with Gasteiger partial charge in [0.05, 0.1) is 11.9 Å². The molecule has 74 valence electrons. The van der Waals surface area contributed by atoms with Crippen LogP contribution in [0.3, 0.4) is 0 Å². The Morgan fingerprint density at radius 3 is 3.00 bits per heavy atom. The van der Waals surface area contributed by atoms with Crippen LogP contribution in [0.5, 0.6) is 0 Å². The molecule has 0 spiro atoms. The van der Waals surface area contributed by atoms with E-state index in [0.717, 1.165) is 11.3 Å². The number of nitrogens with zero attached hydrogens (tertiary/aromatic N) is 2. The van der Waals surface area contributed by atoms with E-state index in [0.29, 0.717) is 6.42 Å². The Morgan fingerprint density at radius 1 is 1.50 bits per heavy atom. The molecular formula is C11H14N2O. The van der Waals surface area contributed by atoms with Gasteiger partial charge in [-0.25, -0.2) is 4.98 Å². The van der Waals surface area contributed by atoms with Crippen molar-refractivity contribution in [1.82, 2.24) is 9.38 Å². The van der Waals surface area contributed by atoms with E-state index in [4.69, 9.17) is 0 Å². The number of aromatic nitrogens is 2. The number of imidazole rings is 1. The summed E-state index contributed by atoms with van der Waals surface area (Å²) in [5, 5.41) is 10.1. The Hall–Kier alpha value is -1.35. The predicted octanol–water partition coefficient (Wildman–Crippen LogP) is 1.95. The lowest BCUT2D eigenvalue weighted by atomic mass is 10.0. The molecule has 14 heavy (non-hydrogen) atoms. The van der Waals surface area contributed by atoms with Crippen molar-refractivity contribution in [2.75, 3.05) is 0 Å². The van der Waals surface area contributed by atoms with E-state index in [1.165, 1.54) is 0 Å². The lowest BCUT2D eigenvalue weighted by molar-refractivity contribution is 0.0477. The van der Waals surface area contributed by atoms with Crippen LogP contribution in [0.2, 0.25) is 0 Å². The highest BCUT2D eigenvalue weighted by atomic mass is 16.3. The molecule has 0 saturated carbocycles. The van der Waals surface area contributed by atoms with Crippen molar-refractivity contribution in [3.63, 3.8) is 0 Å². The van der Waals surface area contributed by atoms with Crippen molar-refractivity contribution < 1.29 is 5.11 Å². The number of hydrogen-bond donors (Lipinski definition) is 1. The number of hydrogen-bond acceptors (Lipinski definition) is 2. The molecule has 1 unspecified atom stereocenters. The summed E-state index contributed by atoms with van der Waals surface area (Å²) in [6.07, 6.45) is 4.33. The molecule has 3 nitrogen and oxygen atoms in total. The highest BCUT2D eigenvalue weighted by molar-refractivity contribution is 5.40. The number of aliphatic hydroxyl groups is 1. The summed E-state index contributed by atoms with van der Waals surface area (Å²) < 4.78 is 1.92. The zero-order valence-electron chi connectivity index (χ0n) is 8.44. The van der Waals surface area contributed by atoms with E-state index >= 15 is 0 Å². The fourth-order valence-corrected chi connectivity index (χ4v) is 1.51. The molecule has 0 aliphatic carbocycles. The predicted molar refractivity (Wildman–Crippen MR) is 55.1 cm³/mol. The van der Waals surface area contributed by atoms with Crippen LogP contribution in [0.15, 0.2) is 30.6 Å². The van der Waals surface area contributed by atoms with Crippen molar-refractivity contribution in [2.24, 2.45) is 0 Å². The second-order valence-electron chi connectivity index (χ2n) is 3.70. The summed E-state index contributed by atoms with van der Waals surface area (Å²) in [6.45, 7) is 3.77. The zero-order chi connectivity index (χ0) is 10.2. The van der Waals surface area contributed by atoms with Crippen molar-refractivity contribution in [3.05, 3.63) is 36.3 Å². The lowest BCUT2D eigenvalue weighted by Crippen LogP contribution is -2.21. The molecule has 1 atom stereocenters. The molecular weight excluding hydrogens is 176 g/mol. The average molecular weight is 190 g/mol. The first kappa shape index (κ1) is 9.21. The van der Waals surface area contributed by atoms with Crippen molar-refractivity contribution >= 4 is 5.65 Å². The van der Waals surface area contributed by atoms with Crippen LogP contribution in [0, 0.1) is 0 Å². The zero-order valence-corrected chi connectivity index (χ0v) is 8.44. The minimum atomic E-state index is -0.805. The van der Waals surface area contributed by atoms with Gasteiger partial charge in [0, 0.05) is 6.20 Å². The third kappa shape index (κ3) is 1.30. The Kier molecular flexibility index (Phi) is 2.04. The number of fused-ring (bicyclic) bond motifs is 1. The fourth-order valence-electron chi connectivity index (χ4n) is 1.51. The normalized spacial score (nSPS) is 15.6. The maximum Gasteiger partial charge on any atom is 0.136 e. The molecule has 2 rings (SSSR count). The molecule has 0 fully saturated rings. The van der Waals surface area contributed by atoms with Crippen molar-refractivity contribution in [3.8, 4) is 0 Å². The summed E-state index contributed by atoms with van der Waals surface area (Å²) in [5.74, 6) is 0. The van der Waals surface area contributed by atoms with Crippen LogP contribution in [-0.2, 0) is 5.60 Å². The summed E-state index contributed by atoms with van der Waals surface area (Å²) in [5.41, 5.74) is 0.910. The summed E-state index contributed by atoms with van der Waals surface area (Å²) in [4.78, 5) is 4.24. The van der Waals surface area contributed by atoms with Gasteiger partial charge < -0.3 is 9.51 Å². The molecule has 2 aromatic heterocycles. The third-order valence-electron chi connectivity index (χ3n) is 2.66. The largest absolute Gasteiger partial charge is 0.384 e. The second-order valence-corrected chi connectivity index (χ2v) is 3.70. The third-order valence-corrected chi connectivity index (χ3v) is 2.66. The minimum Gasteiger partial charge on any atom is -0.384 e. The molecule has 3 heteroatoms. The van der Waals surface area contributed by atoms with Crippen LogP contribution < -0.4 is 0 Å². The van der Waals surface area contributed by atoms with Gasteiger partial charge in [0.1, 0.15) is 11.2 Å². The molecule has 0 aliphatic heterocycles. The quantitative estimate of drug-likeness (QED) is 0.786. The van der Waals surface area contributed by atoms with Gasteiger partial charge >= 0.3 is 0 Å². The molecule has 0 aromatic carbocycles. The van der Waals surface area contributed by atoms with Crippen molar-refractivity contribution in [2.45, 2.75) is 25.9 Å². The Balaban J connectivity index is 2.64. The monoisotopic (exact) mass is 190 g/mol. The highest BCUT2D eigenvalue weighted by Crippen LogP contribution is 2.24. The van der Waals surface area contributed by atoms with E-state index in [1.807, 2.05) is 42.6 Å². The minimum absolute atomic E-state index is 0.676. The smallest absolute Gasteiger partial charge is 0.136 e. The maximum absolute atomic E-state index is 10.1. The van der Waals surface area contributed by atoms with E-state index < -0.39 is 5.60 Å². The van der Waals surface area contributed by atoms with Gasteiger partial charge in [-0.1, -0.05) is 13.0 Å². The molecule has 0 saturated heterocycles. The molecule has 2 aromatic rings. The van der Waals surface area contributed by atoms with E-state index in [-0.39, 0.29) is 0 Å². The van der Waals surface area contributed by atoms with E-state index in [2.05, 4.69) is 4.98 Å². The van der Waals surface area contributed by atoms with Gasteiger partial charge in [0.15, 0.2) is 0 Å². The SMILES string of the molecule is CCC(C)(O)c1cnc2ccccn12. The Labute approximate surface area is 83.0 Å². The summed E-state index contributed by atoms with van der Waals surface area (Å²) in [7, 11) is 0. The lowest BCUT2D eigenvalue weighted by Gasteiger charge is -2.20. The molecule has 0 amide bonds. The standard InChI is InChI=1S/C11H14N2O/c1-3-11(2,14)9-8-12-10-6-4-5-7-13(9)10/h4-8,14H,3H2,1-2H3. The summed E-state index contributed by atoms with van der Waals surface area (Å²) in [6, 6.07) is 5.80. The van der Waals surface area contributed by atoms with Gasteiger partial charge in [0.25, 0.3) is 0 Å². The van der Waals surface area contributed by atoms with Crippen LogP contribution in [0.1, 0.15) is 26.0 Å². The maximum atomic E-state index is 10.1. The van der Waals surface area contributed by atoms with Crippen LogP contribution in [-0.4, -0.2) is 14.5 Å². The van der Waals surface area contributed by atoms with Gasteiger partial charge in [0.2, 0.25) is 0 Å². The van der Waals surface area contributed by atoms with E-state index in [9.17, 15) is 5.11 Å². The Bertz CT molecular complexity index is 445. The summed E-state index contributed by atoms with van der Waals surface area (Å²) >= 11 is 0. The van der Waals surface area contributed by atoms with Crippen LogP contribution in [0.4, 0.5) is 0 Å². The topological polar surface area (TPSA) is 37.5 Å². The molecule has 0 aliphatic rings. The molecule has 1 N–H and O–H groups in total. The first-order valence-corrected chi connectivity index (χ1v) is 4.80. The van der Waals surface area contributed by atoms with Gasteiger partial charge in [-0.05, 0) is 25.5 Å². The second kappa shape index (κ2) is 3.10. The molecule has 0 bridgehead atoms. The number of rotatable bonds is 2. The highest BCUT2D eigenvalue weighted by Gasteiger charge is 2.24. The Morgan fingerprint density at radius 2 is 2.29 bits per heavy atom. The molecule has 2 heterocycles. The first-order chi connectivity index (χ1) is 6.65. The van der Waals surface area contributed by atoms with Crippen molar-refractivity contribution in [1.29, 1.82) is 0 Å². The fraction of sp³-hybridized carbons (Fsp3) is 0.364. The first-order valence-electron chi connectivity index (χ1n) is 4.80. The van der Waals surface area contributed by atoms with Gasteiger partial charge in [-0.15, -0.1) is 0 Å². The van der Waals surface area contributed by atoms with Gasteiger partial charge in [-0.3, -0.25) is 0 Å².